The van der Waals surface area contributed by atoms with Gasteiger partial charge in [-0.1, -0.05) is 42.5 Å². The summed E-state index contributed by atoms with van der Waals surface area (Å²) in [5, 5.41) is 0. The van der Waals surface area contributed by atoms with Gasteiger partial charge in [0.05, 0.1) is 18.7 Å². The van der Waals surface area contributed by atoms with E-state index in [9.17, 15) is 4.79 Å². The molecule has 3 heterocycles. The first-order valence-electron chi connectivity index (χ1n) is 11.2. The molecule has 5 aliphatic rings. The van der Waals surface area contributed by atoms with Crippen molar-refractivity contribution in [3.05, 3.63) is 70.5 Å². The van der Waals surface area contributed by atoms with E-state index in [1.807, 2.05) is 4.90 Å². The topological polar surface area (TPSA) is 39.2 Å². The van der Waals surface area contributed by atoms with Crippen molar-refractivity contribution in [2.45, 2.75) is 32.6 Å². The van der Waals surface area contributed by atoms with E-state index in [1.54, 1.807) is 0 Å². The van der Waals surface area contributed by atoms with Gasteiger partial charge in [-0.25, -0.2) is 0 Å². The van der Waals surface area contributed by atoms with E-state index in [0.717, 1.165) is 69.9 Å². The van der Waals surface area contributed by atoms with Crippen LogP contribution in [-0.4, -0.2) is 65.8 Å². The molecule has 5 heteroatoms. The Morgan fingerprint density at radius 3 is 2.90 bits per heavy atom. The molecule has 5 rings (SSSR count). The molecule has 30 heavy (non-hydrogen) atoms. The van der Waals surface area contributed by atoms with Crippen LogP contribution in [0.3, 0.4) is 0 Å². The van der Waals surface area contributed by atoms with Crippen molar-refractivity contribution < 1.29 is 4.79 Å². The average molecular weight is 403 g/mol. The van der Waals surface area contributed by atoms with E-state index in [2.05, 4.69) is 59.3 Å². The summed E-state index contributed by atoms with van der Waals surface area (Å²) in [6.45, 7) is 7.04. The number of rotatable bonds is 4. The lowest BCUT2D eigenvalue weighted by Crippen LogP contribution is -2.54. The Labute approximate surface area is 179 Å². The Balaban J connectivity index is 1.39. The van der Waals surface area contributed by atoms with E-state index in [4.69, 9.17) is 4.99 Å². The van der Waals surface area contributed by atoms with Crippen LogP contribution in [0.2, 0.25) is 0 Å². The molecule has 0 aromatic heterocycles. The third-order valence-electron chi connectivity index (χ3n) is 6.59. The highest BCUT2D eigenvalue weighted by atomic mass is 16.2. The van der Waals surface area contributed by atoms with Gasteiger partial charge >= 0.3 is 0 Å². The smallest absolute Gasteiger partial charge is 0.259 e. The predicted octanol–water partition coefficient (Wildman–Crippen LogP) is 3.57. The van der Waals surface area contributed by atoms with E-state index in [0.29, 0.717) is 6.54 Å². The molecule has 0 saturated heterocycles. The highest BCUT2D eigenvalue weighted by Gasteiger charge is 2.41. The molecule has 2 aliphatic carbocycles. The standard InChI is InChI=1S/C25H30N4O/c1-19-8-4-2-7-11-21(19)17-29-24(30)22-18-27(16-20-9-5-3-6-10-20)14-12-23(22)28-15-13-26-25(28)29/h2,5,7-11H,3-4,6,12-18H2,1H3. The number of carbonyl (C=O) groups is 1. The van der Waals surface area contributed by atoms with Crippen molar-refractivity contribution in [3.8, 4) is 0 Å². The number of nitrogens with zero attached hydrogens (tertiary/aromatic N) is 4. The van der Waals surface area contributed by atoms with E-state index in [1.165, 1.54) is 22.4 Å². The molecule has 0 N–H and O–H groups in total. The minimum Gasteiger partial charge on any atom is -0.314 e. The maximum Gasteiger partial charge on any atom is 0.259 e. The summed E-state index contributed by atoms with van der Waals surface area (Å²) in [5.41, 5.74) is 6.00. The number of fused-ring (bicyclic) bond motifs is 2. The Morgan fingerprint density at radius 1 is 1.10 bits per heavy atom. The fraction of sp³-hybridized carbons (Fsp3) is 0.440. The summed E-state index contributed by atoms with van der Waals surface area (Å²) in [6, 6.07) is 0. The van der Waals surface area contributed by atoms with Crippen LogP contribution < -0.4 is 0 Å². The SMILES string of the molecule is CC1=CCC=CC=C1CN1C(=O)C2=C(CCN(CC3=CCCC=C3)C2)N2CCN=C12. The van der Waals surface area contributed by atoms with Gasteiger partial charge in [-0.15, -0.1) is 0 Å². The van der Waals surface area contributed by atoms with Crippen molar-refractivity contribution in [1.82, 2.24) is 14.7 Å². The second-order valence-electron chi connectivity index (χ2n) is 8.61. The highest BCUT2D eigenvalue weighted by molar-refractivity contribution is 6.10. The molecular formula is C25H30N4O. The molecule has 3 aliphatic heterocycles. The van der Waals surface area contributed by atoms with Crippen LogP contribution in [0.1, 0.15) is 32.6 Å². The summed E-state index contributed by atoms with van der Waals surface area (Å²) in [7, 11) is 0. The first-order chi connectivity index (χ1) is 14.7. The van der Waals surface area contributed by atoms with Gasteiger partial charge in [0.15, 0.2) is 0 Å². The molecule has 0 unspecified atom stereocenters. The van der Waals surface area contributed by atoms with Gasteiger partial charge in [-0.05, 0) is 42.9 Å². The van der Waals surface area contributed by atoms with Crippen LogP contribution in [0.15, 0.2) is 75.5 Å². The van der Waals surface area contributed by atoms with Crippen LogP contribution in [0, 0.1) is 0 Å². The second-order valence-corrected chi connectivity index (χ2v) is 8.61. The highest BCUT2D eigenvalue weighted by Crippen LogP contribution is 2.32. The van der Waals surface area contributed by atoms with Crippen LogP contribution in [0.25, 0.3) is 0 Å². The average Bonchev–Trinajstić information content (AvgIpc) is 3.16. The number of allylic oxidation sites excluding steroid dienone is 6. The number of amides is 1. The zero-order valence-corrected chi connectivity index (χ0v) is 17.8. The molecule has 0 saturated carbocycles. The number of hydrogen-bond acceptors (Lipinski definition) is 4. The first-order valence-corrected chi connectivity index (χ1v) is 11.2. The normalized spacial score (nSPS) is 24.2. The van der Waals surface area contributed by atoms with Crippen molar-refractivity contribution >= 4 is 11.9 Å². The predicted molar refractivity (Wildman–Crippen MR) is 121 cm³/mol. The quantitative estimate of drug-likeness (QED) is 0.722. The van der Waals surface area contributed by atoms with E-state index in [-0.39, 0.29) is 5.91 Å². The maximum atomic E-state index is 13.6. The molecule has 0 fully saturated rings. The lowest BCUT2D eigenvalue weighted by molar-refractivity contribution is -0.124. The summed E-state index contributed by atoms with van der Waals surface area (Å²) < 4.78 is 0. The first kappa shape index (κ1) is 19.3. The van der Waals surface area contributed by atoms with E-state index < -0.39 is 0 Å². The molecule has 1 amide bonds. The minimum absolute atomic E-state index is 0.140. The fourth-order valence-corrected chi connectivity index (χ4v) is 4.91. The summed E-state index contributed by atoms with van der Waals surface area (Å²) in [6.07, 6.45) is 19.6. The van der Waals surface area contributed by atoms with E-state index >= 15 is 0 Å². The van der Waals surface area contributed by atoms with Crippen LogP contribution >= 0.6 is 0 Å². The van der Waals surface area contributed by atoms with Crippen molar-refractivity contribution in [2.75, 3.05) is 39.3 Å². The molecular weight excluding hydrogens is 372 g/mol. The van der Waals surface area contributed by atoms with Gasteiger partial charge in [0.1, 0.15) is 0 Å². The number of guanidine groups is 1. The zero-order valence-electron chi connectivity index (χ0n) is 17.8. The van der Waals surface area contributed by atoms with Crippen LogP contribution in [-0.2, 0) is 4.79 Å². The Morgan fingerprint density at radius 2 is 2.03 bits per heavy atom. The van der Waals surface area contributed by atoms with Gasteiger partial charge in [0.25, 0.3) is 5.91 Å². The number of hydrogen-bond donors (Lipinski definition) is 0. The third kappa shape index (κ3) is 3.63. The molecule has 5 nitrogen and oxygen atoms in total. The lowest BCUT2D eigenvalue weighted by atomic mass is 9.98. The minimum atomic E-state index is 0.140. The summed E-state index contributed by atoms with van der Waals surface area (Å²) in [4.78, 5) is 25.0. The van der Waals surface area contributed by atoms with Gasteiger partial charge in [0, 0.05) is 38.3 Å². The molecule has 0 radical (unpaired) electrons. The Bertz CT molecular complexity index is 960. The molecule has 0 bridgehead atoms. The third-order valence-corrected chi connectivity index (χ3v) is 6.59. The van der Waals surface area contributed by atoms with Crippen molar-refractivity contribution in [2.24, 2.45) is 4.99 Å². The van der Waals surface area contributed by atoms with Gasteiger partial charge in [-0.2, -0.15) is 0 Å². The Hall–Kier alpha value is -2.66. The van der Waals surface area contributed by atoms with Gasteiger partial charge < -0.3 is 4.90 Å². The largest absolute Gasteiger partial charge is 0.314 e. The van der Waals surface area contributed by atoms with Crippen molar-refractivity contribution in [1.29, 1.82) is 0 Å². The van der Waals surface area contributed by atoms with Crippen LogP contribution in [0.4, 0.5) is 0 Å². The molecule has 0 aromatic rings. The second kappa shape index (κ2) is 8.23. The molecule has 156 valence electrons. The fourth-order valence-electron chi connectivity index (χ4n) is 4.91. The maximum absolute atomic E-state index is 13.6. The van der Waals surface area contributed by atoms with Crippen LogP contribution in [0.5, 0.6) is 0 Å². The zero-order chi connectivity index (χ0) is 20.5. The summed E-state index contributed by atoms with van der Waals surface area (Å²) in [5.74, 6) is 0.994. The lowest BCUT2D eigenvalue weighted by Gasteiger charge is -2.42. The van der Waals surface area contributed by atoms with Gasteiger partial charge in [-0.3, -0.25) is 19.6 Å². The van der Waals surface area contributed by atoms with Gasteiger partial charge in [0.2, 0.25) is 5.96 Å². The monoisotopic (exact) mass is 402 g/mol. The van der Waals surface area contributed by atoms with Crippen molar-refractivity contribution in [3.63, 3.8) is 0 Å². The summed E-state index contributed by atoms with van der Waals surface area (Å²) >= 11 is 0. The molecule has 0 aromatic carbocycles. The molecule has 0 atom stereocenters. The molecule has 0 spiro atoms. The number of aliphatic imine (C=N–C) groups is 1. The Kier molecular flexibility index (Phi) is 5.30. The number of carbonyl (C=O) groups excluding carboxylic acids is 1.